The summed E-state index contributed by atoms with van der Waals surface area (Å²) < 4.78 is 18.0. The van der Waals surface area contributed by atoms with E-state index in [2.05, 4.69) is 220 Å². The summed E-state index contributed by atoms with van der Waals surface area (Å²) in [4.78, 5) is 10.5. The molecular weight excluding hydrogens is 823 g/mol. The number of aryl methyl sites for hydroxylation is 1. The minimum Gasteiger partial charge on any atom is -0.458 e. The highest BCUT2D eigenvalue weighted by molar-refractivity contribution is 6.11. The number of aromatic nitrogens is 7. The van der Waals surface area contributed by atoms with E-state index < -0.39 is 0 Å². The van der Waals surface area contributed by atoms with E-state index in [9.17, 15) is 0 Å². The number of fused-ring (bicyclic) bond motifs is 12. The first kappa shape index (κ1) is 37.6. The van der Waals surface area contributed by atoms with Crippen LogP contribution in [0.1, 0.15) is 30.5 Å². The van der Waals surface area contributed by atoms with Gasteiger partial charge < -0.3 is 9.30 Å². The van der Waals surface area contributed by atoms with Crippen LogP contribution >= 0.6 is 0 Å². The SMILES string of the molecule is Cc1cccc2c1nc1n(-c3cc4c(cn3)-c3ccccc3C4(C)C)c3cc(Oc4cccc(-n5[c-][n+](-c6cccc7c8ccccc8n(-c8ccccc8)c67)c6ccccc65)c4)ccc3n21. The molecule has 0 amide bonds. The van der Waals surface area contributed by atoms with Gasteiger partial charge in [-0.05, 0) is 95.9 Å². The molecule has 67 heavy (non-hydrogen) atoms. The minimum atomic E-state index is -0.184. The maximum Gasteiger partial charge on any atom is 0.269 e. The van der Waals surface area contributed by atoms with Crippen molar-refractivity contribution in [3.8, 4) is 45.5 Å². The first-order valence-corrected chi connectivity index (χ1v) is 22.7. The average molecular weight is 864 g/mol. The lowest BCUT2D eigenvalue weighted by Gasteiger charge is -2.21. The molecule has 318 valence electrons. The monoisotopic (exact) mass is 863 g/mol. The van der Waals surface area contributed by atoms with Gasteiger partial charge in [0.2, 0.25) is 5.78 Å². The van der Waals surface area contributed by atoms with Gasteiger partial charge in [0.05, 0.1) is 55.5 Å². The van der Waals surface area contributed by atoms with Crippen molar-refractivity contribution in [2.24, 2.45) is 0 Å². The van der Waals surface area contributed by atoms with E-state index >= 15 is 0 Å². The van der Waals surface area contributed by atoms with E-state index in [1.54, 1.807) is 0 Å². The number of pyridine rings is 1. The molecule has 1 aliphatic carbocycles. The van der Waals surface area contributed by atoms with Crippen LogP contribution in [0.15, 0.2) is 194 Å². The fourth-order valence-corrected chi connectivity index (χ4v) is 10.9. The molecule has 13 aromatic rings. The lowest BCUT2D eigenvalue weighted by molar-refractivity contribution is -0.571. The highest BCUT2D eigenvalue weighted by Crippen LogP contribution is 2.49. The number of rotatable bonds is 6. The fraction of sp³-hybridized carbons (Fsp3) is 0.0678. The minimum absolute atomic E-state index is 0.184. The van der Waals surface area contributed by atoms with Crippen molar-refractivity contribution in [2.45, 2.75) is 26.2 Å². The fourth-order valence-electron chi connectivity index (χ4n) is 10.9. The van der Waals surface area contributed by atoms with Crippen LogP contribution < -0.4 is 9.30 Å². The number of ether oxygens (including phenoxy) is 1. The van der Waals surface area contributed by atoms with Gasteiger partial charge in [-0.2, -0.15) is 0 Å². The smallest absolute Gasteiger partial charge is 0.269 e. The Morgan fingerprint density at radius 3 is 2.19 bits per heavy atom. The molecule has 1 aliphatic rings. The van der Waals surface area contributed by atoms with Gasteiger partial charge in [0, 0.05) is 39.7 Å². The molecule has 0 spiro atoms. The van der Waals surface area contributed by atoms with Gasteiger partial charge >= 0.3 is 0 Å². The van der Waals surface area contributed by atoms with Gasteiger partial charge in [0.1, 0.15) is 17.3 Å². The molecule has 0 saturated heterocycles. The molecule has 14 rings (SSSR count). The van der Waals surface area contributed by atoms with Crippen LogP contribution in [0.3, 0.4) is 0 Å². The molecule has 5 heterocycles. The zero-order valence-electron chi connectivity index (χ0n) is 37.0. The lowest BCUT2D eigenvalue weighted by atomic mass is 9.83. The zero-order chi connectivity index (χ0) is 44.5. The number of para-hydroxylation sites is 6. The Morgan fingerprint density at radius 2 is 1.28 bits per heavy atom. The van der Waals surface area contributed by atoms with E-state index in [1.165, 1.54) is 33.0 Å². The second kappa shape index (κ2) is 13.9. The molecular formula is C59H41N7O. The van der Waals surface area contributed by atoms with Crippen molar-refractivity contribution in [3.63, 3.8) is 0 Å². The van der Waals surface area contributed by atoms with E-state index in [0.29, 0.717) is 11.5 Å². The first-order valence-electron chi connectivity index (χ1n) is 22.7. The summed E-state index contributed by atoms with van der Waals surface area (Å²) in [7, 11) is 0. The third-order valence-electron chi connectivity index (χ3n) is 14.0. The summed E-state index contributed by atoms with van der Waals surface area (Å²) >= 11 is 0. The molecule has 0 fully saturated rings. The molecule has 5 aromatic heterocycles. The van der Waals surface area contributed by atoms with Gasteiger partial charge in [-0.15, -0.1) is 0 Å². The van der Waals surface area contributed by atoms with Crippen LogP contribution in [0.25, 0.3) is 94.7 Å². The predicted octanol–water partition coefficient (Wildman–Crippen LogP) is 13.4. The van der Waals surface area contributed by atoms with Crippen molar-refractivity contribution >= 4 is 60.7 Å². The van der Waals surface area contributed by atoms with Gasteiger partial charge in [0.25, 0.3) is 6.33 Å². The summed E-state index contributed by atoms with van der Waals surface area (Å²) in [5.41, 5.74) is 17.4. The Balaban J connectivity index is 0.897. The largest absolute Gasteiger partial charge is 0.458 e. The van der Waals surface area contributed by atoms with Crippen molar-refractivity contribution in [1.29, 1.82) is 0 Å². The predicted molar refractivity (Wildman–Crippen MR) is 268 cm³/mol. The van der Waals surface area contributed by atoms with E-state index in [4.69, 9.17) is 14.7 Å². The zero-order valence-corrected chi connectivity index (χ0v) is 37.0. The second-order valence-electron chi connectivity index (χ2n) is 18.2. The van der Waals surface area contributed by atoms with Gasteiger partial charge in [-0.3, -0.25) is 18.1 Å². The maximum atomic E-state index is 6.83. The van der Waals surface area contributed by atoms with Crippen LogP contribution in [0.2, 0.25) is 0 Å². The Kier molecular flexibility index (Phi) is 7.79. The highest BCUT2D eigenvalue weighted by Gasteiger charge is 2.36. The van der Waals surface area contributed by atoms with Crippen LogP contribution in [0.4, 0.5) is 0 Å². The number of benzene rings is 8. The highest BCUT2D eigenvalue weighted by atomic mass is 16.5. The van der Waals surface area contributed by atoms with E-state index in [-0.39, 0.29) is 5.41 Å². The summed E-state index contributed by atoms with van der Waals surface area (Å²) in [6.45, 7) is 6.73. The number of imidazole rings is 3. The van der Waals surface area contributed by atoms with Crippen LogP contribution in [-0.2, 0) is 5.41 Å². The standard InChI is InChI=1S/C59H41N7O/c1-37-16-13-28-52-56(37)61-58-65(52)51-31-30-41(33-54(51)66(58)55-34-47-45(35-60-55)42-21-7-9-24-46(42)59(47,2)3)67-40-20-14-19-39(32-40)62-36-63(50-27-12-11-26-49(50)62)53-29-15-23-44-43-22-8-10-25-48(43)64(57(44)53)38-17-5-4-6-18-38/h4-35H,1-3H3. The van der Waals surface area contributed by atoms with Crippen molar-refractivity contribution in [2.75, 3.05) is 0 Å². The third-order valence-corrected chi connectivity index (χ3v) is 14.0. The number of hydrogen-bond acceptors (Lipinski definition) is 3. The van der Waals surface area contributed by atoms with Crippen LogP contribution in [0.5, 0.6) is 11.5 Å². The Morgan fingerprint density at radius 1 is 0.552 bits per heavy atom. The maximum absolute atomic E-state index is 6.83. The van der Waals surface area contributed by atoms with Crippen LogP contribution in [-0.4, -0.2) is 28.1 Å². The molecule has 8 heteroatoms. The Labute approximate surface area is 385 Å². The molecule has 0 unspecified atom stereocenters. The molecule has 0 radical (unpaired) electrons. The van der Waals surface area contributed by atoms with Gasteiger partial charge in [-0.1, -0.05) is 129 Å². The molecule has 0 N–H and O–H groups in total. The van der Waals surface area contributed by atoms with Gasteiger partial charge in [-0.25, -0.2) is 9.97 Å². The Bertz CT molecular complexity index is 4190. The summed E-state index contributed by atoms with van der Waals surface area (Å²) in [5.74, 6) is 3.04. The summed E-state index contributed by atoms with van der Waals surface area (Å²) in [6.07, 6.45) is 5.82. The summed E-state index contributed by atoms with van der Waals surface area (Å²) in [5, 5.41) is 2.39. The third kappa shape index (κ3) is 5.38. The Hall–Kier alpha value is -8.75. The van der Waals surface area contributed by atoms with E-state index in [0.717, 1.165) is 78.4 Å². The van der Waals surface area contributed by atoms with Crippen molar-refractivity contribution in [3.05, 3.63) is 217 Å². The molecule has 0 atom stereocenters. The summed E-state index contributed by atoms with van der Waals surface area (Å²) in [6, 6.07) is 66.2. The normalized spacial score (nSPS) is 13.1. The molecule has 0 aliphatic heterocycles. The second-order valence-corrected chi connectivity index (χ2v) is 18.2. The van der Waals surface area contributed by atoms with Crippen molar-refractivity contribution in [1.82, 2.24) is 28.1 Å². The molecule has 0 bridgehead atoms. The molecule has 8 aromatic carbocycles. The molecule has 8 nitrogen and oxygen atoms in total. The van der Waals surface area contributed by atoms with Gasteiger partial charge in [0.15, 0.2) is 0 Å². The topological polar surface area (TPSA) is 58.1 Å². The first-order chi connectivity index (χ1) is 32.9. The lowest BCUT2D eigenvalue weighted by Crippen LogP contribution is -2.30. The molecule has 0 saturated carbocycles. The number of hydrogen-bond donors (Lipinski definition) is 0. The van der Waals surface area contributed by atoms with Crippen LogP contribution in [0, 0.1) is 13.3 Å². The number of nitrogens with zero attached hydrogens (tertiary/aromatic N) is 7. The average Bonchev–Trinajstić information content (AvgIpc) is 4.16. The van der Waals surface area contributed by atoms with E-state index in [1.807, 2.05) is 24.4 Å². The van der Waals surface area contributed by atoms with Crippen molar-refractivity contribution < 1.29 is 9.30 Å². The quantitative estimate of drug-likeness (QED) is 0.124.